The second-order valence-electron chi connectivity index (χ2n) is 6.50. The van der Waals surface area contributed by atoms with E-state index in [1.54, 1.807) is 12.1 Å². The van der Waals surface area contributed by atoms with Gasteiger partial charge in [-0.15, -0.1) is 0 Å². The lowest BCUT2D eigenvalue weighted by Crippen LogP contribution is -2.36. The second-order valence-corrected chi connectivity index (χ2v) is 7.49. The van der Waals surface area contributed by atoms with E-state index in [0.717, 1.165) is 16.7 Å². The molecular weight excluding hydrogens is 427 g/mol. The zero-order valence-electron chi connectivity index (χ0n) is 16.3. The molecule has 0 unspecified atom stereocenters. The van der Waals surface area contributed by atoms with Crippen LogP contribution in [0.3, 0.4) is 0 Å². The van der Waals surface area contributed by atoms with E-state index in [9.17, 15) is 18.8 Å². The Balaban J connectivity index is 1.51. The minimum absolute atomic E-state index is 0.0873. The van der Waals surface area contributed by atoms with Gasteiger partial charge in [0.25, 0.3) is 11.1 Å². The molecule has 8 nitrogen and oxygen atoms in total. The fraction of sp³-hybridized carbons (Fsp3) is 0.190. The Labute approximate surface area is 180 Å². The number of benzene rings is 2. The zero-order valence-corrected chi connectivity index (χ0v) is 17.2. The average molecular weight is 444 g/mol. The molecule has 1 N–H and O–H groups in total. The average Bonchev–Trinajstić information content (AvgIpc) is 3.29. The summed E-state index contributed by atoms with van der Waals surface area (Å²) < 4.78 is 29.3. The molecule has 31 heavy (non-hydrogen) atoms. The van der Waals surface area contributed by atoms with E-state index in [1.165, 1.54) is 30.3 Å². The van der Waals surface area contributed by atoms with Gasteiger partial charge < -0.3 is 19.5 Å². The number of anilines is 1. The molecule has 0 bridgehead atoms. The number of nitrogens with zero attached hydrogens (tertiary/aromatic N) is 1. The number of carbonyl (C=O) groups excluding carboxylic acids is 3. The summed E-state index contributed by atoms with van der Waals surface area (Å²) in [6.45, 7) is 1.84. The van der Waals surface area contributed by atoms with Gasteiger partial charge in [0.2, 0.25) is 12.7 Å². The Kier molecular flexibility index (Phi) is 5.81. The maximum Gasteiger partial charge on any atom is 0.294 e. The number of fused-ring (bicyclic) bond motifs is 1. The van der Waals surface area contributed by atoms with E-state index in [2.05, 4.69) is 5.32 Å². The number of halogens is 1. The van der Waals surface area contributed by atoms with E-state index >= 15 is 0 Å². The molecule has 2 aliphatic rings. The molecule has 2 aromatic carbocycles. The summed E-state index contributed by atoms with van der Waals surface area (Å²) in [5, 5.41) is 1.96. The van der Waals surface area contributed by atoms with Gasteiger partial charge in [0.05, 0.1) is 11.5 Å². The van der Waals surface area contributed by atoms with Crippen LogP contribution in [0.1, 0.15) is 12.5 Å². The molecule has 1 fully saturated rings. The van der Waals surface area contributed by atoms with Crippen LogP contribution in [0.2, 0.25) is 0 Å². The monoisotopic (exact) mass is 444 g/mol. The lowest BCUT2D eigenvalue weighted by molar-refractivity contribution is -0.127. The number of ether oxygens (including phenoxy) is 3. The fourth-order valence-corrected chi connectivity index (χ4v) is 3.82. The van der Waals surface area contributed by atoms with Gasteiger partial charge in [0.15, 0.2) is 11.5 Å². The minimum atomic E-state index is -0.593. The number of imide groups is 1. The first kappa shape index (κ1) is 20.7. The molecule has 0 spiro atoms. The van der Waals surface area contributed by atoms with Crippen molar-refractivity contribution in [3.63, 3.8) is 0 Å². The Morgan fingerprint density at radius 3 is 2.65 bits per heavy atom. The number of rotatable bonds is 6. The molecule has 0 atom stereocenters. The first-order valence-corrected chi connectivity index (χ1v) is 10.1. The Hall–Kier alpha value is -3.53. The third kappa shape index (κ3) is 4.48. The standard InChI is InChI=1S/C21H17FN2O6S/c1-2-28-15-9-17-16(29-11-30-17)7-12(15)8-18-20(26)24(21(27)31-18)10-19(25)23-14-5-3-13(22)4-6-14/h3-9H,2,10-11H2,1H3,(H,23,25)/b18-8+. The highest BCUT2D eigenvalue weighted by Crippen LogP contribution is 2.41. The molecule has 0 aliphatic carbocycles. The van der Waals surface area contributed by atoms with Crippen LogP contribution in [-0.4, -0.2) is 41.9 Å². The third-order valence-electron chi connectivity index (χ3n) is 4.39. The molecule has 0 radical (unpaired) electrons. The number of carbonyl (C=O) groups is 3. The number of hydrogen-bond donors (Lipinski definition) is 1. The highest BCUT2D eigenvalue weighted by Gasteiger charge is 2.36. The van der Waals surface area contributed by atoms with Crippen LogP contribution in [0.25, 0.3) is 6.08 Å². The van der Waals surface area contributed by atoms with Crippen LogP contribution in [0.5, 0.6) is 17.2 Å². The Morgan fingerprint density at radius 2 is 1.94 bits per heavy atom. The van der Waals surface area contributed by atoms with Crippen LogP contribution in [0, 0.1) is 5.82 Å². The maximum absolute atomic E-state index is 13.0. The number of hydrogen-bond acceptors (Lipinski definition) is 7. The molecule has 2 aromatic rings. The predicted octanol–water partition coefficient (Wildman–Crippen LogP) is 3.63. The minimum Gasteiger partial charge on any atom is -0.493 e. The molecule has 160 valence electrons. The summed E-state index contributed by atoms with van der Waals surface area (Å²) in [4.78, 5) is 38.3. The van der Waals surface area contributed by atoms with Crippen LogP contribution in [0.15, 0.2) is 41.3 Å². The van der Waals surface area contributed by atoms with Crippen molar-refractivity contribution in [3.05, 3.63) is 52.7 Å². The zero-order chi connectivity index (χ0) is 22.0. The summed E-state index contributed by atoms with van der Waals surface area (Å²) in [6, 6.07) is 8.49. The van der Waals surface area contributed by atoms with Gasteiger partial charge >= 0.3 is 0 Å². The maximum atomic E-state index is 13.0. The molecule has 2 aliphatic heterocycles. The summed E-state index contributed by atoms with van der Waals surface area (Å²) >= 11 is 0.728. The second kappa shape index (κ2) is 8.68. The summed E-state index contributed by atoms with van der Waals surface area (Å²) in [5.74, 6) is -0.0898. The van der Waals surface area contributed by atoms with E-state index < -0.39 is 29.4 Å². The molecule has 0 saturated carbocycles. The first-order valence-electron chi connectivity index (χ1n) is 9.32. The van der Waals surface area contributed by atoms with Crippen molar-refractivity contribution in [2.75, 3.05) is 25.3 Å². The highest BCUT2D eigenvalue weighted by molar-refractivity contribution is 8.18. The van der Waals surface area contributed by atoms with Gasteiger partial charge in [0.1, 0.15) is 18.1 Å². The molecule has 1 saturated heterocycles. The van der Waals surface area contributed by atoms with Gasteiger partial charge in [-0.2, -0.15) is 0 Å². The molecular formula is C21H17FN2O6S. The lowest BCUT2D eigenvalue weighted by atomic mass is 10.1. The van der Waals surface area contributed by atoms with Gasteiger partial charge in [-0.25, -0.2) is 4.39 Å². The van der Waals surface area contributed by atoms with E-state index in [-0.39, 0.29) is 11.7 Å². The number of nitrogens with one attached hydrogen (secondary N) is 1. The normalized spacial score (nSPS) is 16.2. The molecule has 10 heteroatoms. The quantitative estimate of drug-likeness (QED) is 0.680. The molecule has 0 aromatic heterocycles. The van der Waals surface area contributed by atoms with E-state index in [4.69, 9.17) is 14.2 Å². The van der Waals surface area contributed by atoms with Crippen molar-refractivity contribution in [1.29, 1.82) is 0 Å². The van der Waals surface area contributed by atoms with Gasteiger partial charge in [0, 0.05) is 17.3 Å². The smallest absolute Gasteiger partial charge is 0.294 e. The van der Waals surface area contributed by atoms with Crippen LogP contribution in [-0.2, 0) is 9.59 Å². The summed E-state index contributed by atoms with van der Waals surface area (Å²) in [7, 11) is 0. The van der Waals surface area contributed by atoms with Gasteiger partial charge in [-0.3, -0.25) is 19.3 Å². The predicted molar refractivity (Wildman–Crippen MR) is 111 cm³/mol. The van der Waals surface area contributed by atoms with Crippen molar-refractivity contribution in [3.8, 4) is 17.2 Å². The third-order valence-corrected chi connectivity index (χ3v) is 5.30. The van der Waals surface area contributed by atoms with Gasteiger partial charge in [-0.05, 0) is 55.1 Å². The van der Waals surface area contributed by atoms with Crippen molar-refractivity contribution in [1.82, 2.24) is 4.90 Å². The number of thioether (sulfide) groups is 1. The summed E-state index contributed by atoms with van der Waals surface area (Å²) in [6.07, 6.45) is 1.52. The molecule has 4 rings (SSSR count). The topological polar surface area (TPSA) is 94.2 Å². The van der Waals surface area contributed by atoms with E-state index in [1.807, 2.05) is 6.92 Å². The van der Waals surface area contributed by atoms with Crippen molar-refractivity contribution in [2.45, 2.75) is 6.92 Å². The number of amides is 3. The van der Waals surface area contributed by atoms with E-state index in [0.29, 0.717) is 35.1 Å². The SMILES string of the molecule is CCOc1cc2c(cc1/C=C1/SC(=O)N(CC(=O)Nc3ccc(F)cc3)C1=O)OCO2. The van der Waals surface area contributed by atoms with Crippen molar-refractivity contribution < 1.29 is 33.0 Å². The largest absolute Gasteiger partial charge is 0.493 e. The van der Waals surface area contributed by atoms with Crippen LogP contribution < -0.4 is 19.5 Å². The molecule has 2 heterocycles. The first-order chi connectivity index (χ1) is 14.9. The Bertz CT molecular complexity index is 1090. The van der Waals surface area contributed by atoms with Gasteiger partial charge in [-0.1, -0.05) is 0 Å². The fourth-order valence-electron chi connectivity index (χ4n) is 2.99. The summed E-state index contributed by atoms with van der Waals surface area (Å²) in [5.41, 5.74) is 0.906. The van der Waals surface area contributed by atoms with Crippen LogP contribution >= 0.6 is 11.8 Å². The van der Waals surface area contributed by atoms with Crippen molar-refractivity contribution >= 4 is 40.6 Å². The Morgan fingerprint density at radius 1 is 1.23 bits per heavy atom. The lowest BCUT2D eigenvalue weighted by Gasteiger charge is -2.12. The van der Waals surface area contributed by atoms with Crippen molar-refractivity contribution in [2.24, 2.45) is 0 Å². The highest BCUT2D eigenvalue weighted by atomic mass is 32.2. The molecule has 3 amide bonds. The van der Waals surface area contributed by atoms with Crippen LogP contribution in [0.4, 0.5) is 14.9 Å².